The molecule has 0 spiro atoms. The van der Waals surface area contributed by atoms with Gasteiger partial charge in [0.2, 0.25) is 0 Å². The Balaban J connectivity index is 4.01. The van der Waals surface area contributed by atoms with Crippen molar-refractivity contribution in [2.24, 2.45) is 0 Å². The first-order valence-corrected chi connectivity index (χ1v) is 3.37. The summed E-state index contributed by atoms with van der Waals surface area (Å²) < 4.78 is 39.2. The molecule has 2 nitrogen and oxygen atoms in total. The maximum atomic E-state index is 11.6. The summed E-state index contributed by atoms with van der Waals surface area (Å²) in [4.78, 5) is 10.7. The van der Waals surface area contributed by atoms with Crippen LogP contribution in [0.25, 0.3) is 0 Å². The minimum atomic E-state index is -4.38. The average molecular weight is 184 g/mol. The summed E-state index contributed by atoms with van der Waals surface area (Å²) in [6, 6.07) is 0. The van der Waals surface area contributed by atoms with E-state index in [1.54, 1.807) is 0 Å². The molecule has 0 aliphatic carbocycles. The van der Waals surface area contributed by atoms with Crippen molar-refractivity contribution in [2.75, 3.05) is 6.61 Å². The van der Waals surface area contributed by atoms with Gasteiger partial charge in [0, 0.05) is 0 Å². The Morgan fingerprint density at radius 2 is 1.75 bits per heavy atom. The van der Waals surface area contributed by atoms with Crippen molar-refractivity contribution < 1.29 is 22.7 Å². The van der Waals surface area contributed by atoms with Gasteiger partial charge in [-0.1, -0.05) is 0 Å². The molecule has 0 unspecified atom stereocenters. The molecule has 0 aromatic heterocycles. The quantitative estimate of drug-likeness (QED) is 0.669. The zero-order chi connectivity index (χ0) is 9.99. The van der Waals surface area contributed by atoms with E-state index in [1.807, 2.05) is 0 Å². The van der Waals surface area contributed by atoms with Crippen LogP contribution in [0.4, 0.5) is 13.2 Å². The fourth-order valence-corrected chi connectivity index (χ4v) is 0.364. The molecule has 72 valence electrons. The van der Waals surface area contributed by atoms with Crippen LogP contribution in [0.1, 0.15) is 20.8 Å². The van der Waals surface area contributed by atoms with Gasteiger partial charge in [-0.2, -0.15) is 13.2 Å². The van der Waals surface area contributed by atoms with Crippen LogP contribution in [0.3, 0.4) is 0 Å². The minimum Gasteiger partial charge on any atom is -0.358 e. The second-order valence-corrected chi connectivity index (χ2v) is 2.97. The van der Waals surface area contributed by atoms with Crippen LogP contribution in [-0.2, 0) is 9.53 Å². The largest absolute Gasteiger partial charge is 0.411 e. The summed E-state index contributed by atoms with van der Waals surface area (Å²) in [6.07, 6.45) is -4.38. The lowest BCUT2D eigenvalue weighted by atomic mass is 10.1. The standard InChI is InChI=1S/C7H11F3O2/c1-5(11)6(2,3)12-4-7(8,9)10/h4H2,1-3H3. The summed E-state index contributed by atoms with van der Waals surface area (Å²) in [6.45, 7) is 2.41. The predicted molar refractivity (Wildman–Crippen MR) is 36.8 cm³/mol. The van der Waals surface area contributed by atoms with Gasteiger partial charge in [-0.3, -0.25) is 4.79 Å². The molecule has 0 saturated carbocycles. The molecular formula is C7H11F3O2. The monoisotopic (exact) mass is 184 g/mol. The number of ether oxygens (including phenoxy) is 1. The molecule has 5 heteroatoms. The smallest absolute Gasteiger partial charge is 0.358 e. The van der Waals surface area contributed by atoms with Gasteiger partial charge in [-0.15, -0.1) is 0 Å². The number of rotatable bonds is 3. The van der Waals surface area contributed by atoms with Gasteiger partial charge in [0.15, 0.2) is 5.78 Å². The predicted octanol–water partition coefficient (Wildman–Crippen LogP) is 1.93. The number of Topliss-reactive ketones (excluding diaryl/α,β-unsaturated/α-hetero) is 1. The Morgan fingerprint density at radius 1 is 1.33 bits per heavy atom. The number of ketones is 1. The van der Waals surface area contributed by atoms with Crippen LogP contribution >= 0.6 is 0 Å². The van der Waals surface area contributed by atoms with Gasteiger partial charge in [0.25, 0.3) is 0 Å². The molecule has 0 bridgehead atoms. The normalized spacial score (nSPS) is 13.2. The van der Waals surface area contributed by atoms with E-state index in [9.17, 15) is 18.0 Å². The van der Waals surface area contributed by atoms with Gasteiger partial charge >= 0.3 is 6.18 Å². The van der Waals surface area contributed by atoms with Crippen molar-refractivity contribution in [3.8, 4) is 0 Å². The molecule has 0 saturated heterocycles. The third-order valence-electron chi connectivity index (χ3n) is 1.44. The lowest BCUT2D eigenvalue weighted by Gasteiger charge is -2.22. The van der Waals surface area contributed by atoms with E-state index in [0.717, 1.165) is 0 Å². The molecule has 0 aromatic rings. The highest BCUT2D eigenvalue weighted by atomic mass is 19.4. The van der Waals surface area contributed by atoms with E-state index in [4.69, 9.17) is 0 Å². The van der Waals surface area contributed by atoms with Gasteiger partial charge < -0.3 is 4.74 Å². The molecule has 0 aliphatic heterocycles. The first-order valence-electron chi connectivity index (χ1n) is 3.37. The molecule has 0 fully saturated rings. The molecular weight excluding hydrogens is 173 g/mol. The van der Waals surface area contributed by atoms with E-state index >= 15 is 0 Å². The Labute approximate surface area is 68.7 Å². The highest BCUT2D eigenvalue weighted by molar-refractivity contribution is 5.83. The summed E-state index contributed by atoms with van der Waals surface area (Å²) in [5, 5.41) is 0. The third kappa shape index (κ3) is 4.33. The Hall–Kier alpha value is -0.580. The molecule has 0 atom stereocenters. The first-order chi connectivity index (χ1) is 5.15. The topological polar surface area (TPSA) is 26.3 Å². The third-order valence-corrected chi connectivity index (χ3v) is 1.44. The van der Waals surface area contributed by atoms with Gasteiger partial charge in [0.05, 0.1) is 0 Å². The fourth-order valence-electron chi connectivity index (χ4n) is 0.364. The molecule has 0 radical (unpaired) electrons. The minimum absolute atomic E-state index is 0.424. The number of hydrogen-bond acceptors (Lipinski definition) is 2. The van der Waals surface area contributed by atoms with Gasteiger partial charge in [-0.05, 0) is 20.8 Å². The number of hydrogen-bond donors (Lipinski definition) is 0. The van der Waals surface area contributed by atoms with Crippen molar-refractivity contribution in [3.63, 3.8) is 0 Å². The van der Waals surface area contributed by atoms with Crippen LogP contribution in [0.2, 0.25) is 0 Å². The summed E-state index contributed by atoms with van der Waals surface area (Å²) in [7, 11) is 0. The maximum Gasteiger partial charge on any atom is 0.411 e. The van der Waals surface area contributed by atoms with Crippen LogP contribution < -0.4 is 0 Å². The van der Waals surface area contributed by atoms with Crippen LogP contribution in [0.5, 0.6) is 0 Å². The van der Waals surface area contributed by atoms with Gasteiger partial charge in [-0.25, -0.2) is 0 Å². The second kappa shape index (κ2) is 3.43. The molecule has 0 heterocycles. The lowest BCUT2D eigenvalue weighted by molar-refractivity contribution is -0.199. The lowest BCUT2D eigenvalue weighted by Crippen LogP contribution is -2.36. The molecule has 12 heavy (non-hydrogen) atoms. The summed E-state index contributed by atoms with van der Waals surface area (Å²) in [5.74, 6) is -0.424. The molecule has 0 rings (SSSR count). The number of carbonyl (C=O) groups is 1. The maximum absolute atomic E-state index is 11.6. The zero-order valence-electron chi connectivity index (χ0n) is 7.16. The van der Waals surface area contributed by atoms with Crippen molar-refractivity contribution in [2.45, 2.75) is 32.5 Å². The highest BCUT2D eigenvalue weighted by Gasteiger charge is 2.33. The average Bonchev–Trinajstić information content (AvgIpc) is 1.82. The molecule has 0 aliphatic rings. The van der Waals surface area contributed by atoms with Crippen LogP contribution in [0, 0.1) is 0 Å². The Kier molecular flexibility index (Phi) is 3.26. The first kappa shape index (κ1) is 11.4. The van der Waals surface area contributed by atoms with E-state index in [2.05, 4.69) is 4.74 Å². The molecule has 0 aromatic carbocycles. The van der Waals surface area contributed by atoms with E-state index < -0.39 is 24.2 Å². The molecule has 0 N–H and O–H groups in total. The van der Waals surface area contributed by atoms with Crippen LogP contribution in [-0.4, -0.2) is 24.2 Å². The molecule has 0 amide bonds. The van der Waals surface area contributed by atoms with Crippen molar-refractivity contribution in [1.82, 2.24) is 0 Å². The summed E-state index contributed by atoms with van der Waals surface area (Å²) >= 11 is 0. The van der Waals surface area contributed by atoms with Crippen molar-refractivity contribution >= 4 is 5.78 Å². The SMILES string of the molecule is CC(=O)C(C)(C)OCC(F)(F)F. The van der Waals surface area contributed by atoms with Crippen molar-refractivity contribution in [3.05, 3.63) is 0 Å². The summed E-state index contributed by atoms with van der Waals surface area (Å²) in [5.41, 5.74) is -1.35. The van der Waals surface area contributed by atoms with Crippen molar-refractivity contribution in [1.29, 1.82) is 0 Å². The Bertz CT molecular complexity index is 172. The van der Waals surface area contributed by atoms with E-state index in [0.29, 0.717) is 0 Å². The highest BCUT2D eigenvalue weighted by Crippen LogP contribution is 2.19. The van der Waals surface area contributed by atoms with Gasteiger partial charge in [0.1, 0.15) is 12.2 Å². The fraction of sp³-hybridized carbons (Fsp3) is 0.857. The van der Waals surface area contributed by atoms with Crippen LogP contribution in [0.15, 0.2) is 0 Å². The number of carbonyl (C=O) groups excluding carboxylic acids is 1. The Morgan fingerprint density at radius 3 is 2.00 bits per heavy atom. The number of halogens is 3. The second-order valence-electron chi connectivity index (χ2n) is 2.97. The van der Waals surface area contributed by atoms with E-state index in [1.165, 1.54) is 20.8 Å². The number of alkyl halides is 3. The zero-order valence-corrected chi connectivity index (χ0v) is 7.16. The van der Waals surface area contributed by atoms with E-state index in [-0.39, 0.29) is 0 Å².